The summed E-state index contributed by atoms with van der Waals surface area (Å²) in [6.45, 7) is 6.43. The first-order chi connectivity index (χ1) is 9.50. The molecule has 20 heavy (non-hydrogen) atoms. The van der Waals surface area contributed by atoms with Gasteiger partial charge in [0.2, 0.25) is 0 Å². The molecule has 0 radical (unpaired) electrons. The minimum Gasteiger partial charge on any atom is -0.380 e. The summed E-state index contributed by atoms with van der Waals surface area (Å²) in [6, 6.07) is 3.41. The number of hydrogen-bond acceptors (Lipinski definition) is 5. The van der Waals surface area contributed by atoms with E-state index in [4.69, 9.17) is 4.74 Å². The van der Waals surface area contributed by atoms with Gasteiger partial charge in [-0.05, 0) is 24.5 Å². The van der Waals surface area contributed by atoms with Crippen LogP contribution in [-0.4, -0.2) is 54.9 Å². The van der Waals surface area contributed by atoms with Crippen LogP contribution in [0.25, 0.3) is 0 Å². The highest BCUT2D eigenvalue weighted by atomic mass is 16.5. The molecule has 1 amide bonds. The number of rotatable bonds is 8. The minimum absolute atomic E-state index is 0.152. The number of carbonyl (C=O) groups excluding carboxylic acids is 1. The van der Waals surface area contributed by atoms with Gasteiger partial charge in [-0.15, -0.1) is 10.2 Å². The van der Waals surface area contributed by atoms with E-state index in [0.717, 1.165) is 13.0 Å². The van der Waals surface area contributed by atoms with Crippen molar-refractivity contribution in [2.75, 3.05) is 39.2 Å². The fraction of sp³-hybridized carbons (Fsp3) is 0.643. The summed E-state index contributed by atoms with van der Waals surface area (Å²) >= 11 is 0. The Bertz CT molecular complexity index is 404. The smallest absolute Gasteiger partial charge is 0.273 e. The van der Waals surface area contributed by atoms with Crippen molar-refractivity contribution in [3.8, 4) is 0 Å². The zero-order valence-corrected chi connectivity index (χ0v) is 12.7. The van der Waals surface area contributed by atoms with Gasteiger partial charge in [-0.1, -0.05) is 13.8 Å². The molecule has 1 N–H and O–H groups in total. The highest BCUT2D eigenvalue weighted by Crippen LogP contribution is 2.03. The van der Waals surface area contributed by atoms with E-state index in [1.54, 1.807) is 26.2 Å². The van der Waals surface area contributed by atoms with Crippen molar-refractivity contribution in [1.29, 1.82) is 0 Å². The van der Waals surface area contributed by atoms with Gasteiger partial charge < -0.3 is 15.0 Å². The van der Waals surface area contributed by atoms with Crippen molar-refractivity contribution in [3.63, 3.8) is 0 Å². The maximum atomic E-state index is 11.6. The van der Waals surface area contributed by atoms with Gasteiger partial charge in [0, 0.05) is 27.2 Å². The molecule has 0 unspecified atom stereocenters. The van der Waals surface area contributed by atoms with Crippen LogP contribution in [-0.2, 0) is 4.74 Å². The number of nitrogens with zero attached hydrogens (tertiary/aromatic N) is 3. The molecule has 0 atom stereocenters. The summed E-state index contributed by atoms with van der Waals surface area (Å²) in [7, 11) is 3.37. The zero-order chi connectivity index (χ0) is 15.0. The molecule has 1 rings (SSSR count). The van der Waals surface area contributed by atoms with E-state index < -0.39 is 0 Å². The van der Waals surface area contributed by atoms with Crippen molar-refractivity contribution >= 4 is 11.7 Å². The van der Waals surface area contributed by atoms with Crippen LogP contribution in [0.5, 0.6) is 0 Å². The van der Waals surface area contributed by atoms with Crippen molar-refractivity contribution in [3.05, 3.63) is 17.8 Å². The fourth-order valence-electron chi connectivity index (χ4n) is 1.44. The summed E-state index contributed by atoms with van der Waals surface area (Å²) in [5.74, 6) is 1.16. The van der Waals surface area contributed by atoms with Crippen LogP contribution in [0.4, 0.5) is 5.82 Å². The normalized spacial score (nSPS) is 10.7. The number of hydrogen-bond donors (Lipinski definition) is 1. The lowest BCUT2D eigenvalue weighted by molar-refractivity contribution is 0.0821. The average Bonchev–Trinajstić information content (AvgIpc) is 2.42. The van der Waals surface area contributed by atoms with Gasteiger partial charge in [-0.25, -0.2) is 0 Å². The first-order valence-corrected chi connectivity index (χ1v) is 6.87. The Morgan fingerprint density at radius 1 is 1.30 bits per heavy atom. The van der Waals surface area contributed by atoms with Crippen LogP contribution < -0.4 is 5.32 Å². The quantitative estimate of drug-likeness (QED) is 0.733. The van der Waals surface area contributed by atoms with Crippen LogP contribution in [0.15, 0.2) is 12.1 Å². The summed E-state index contributed by atoms with van der Waals surface area (Å²) in [5.41, 5.74) is 0.341. The van der Waals surface area contributed by atoms with Crippen molar-refractivity contribution in [2.45, 2.75) is 20.3 Å². The Balaban J connectivity index is 2.27. The summed E-state index contributed by atoms with van der Waals surface area (Å²) < 4.78 is 5.49. The van der Waals surface area contributed by atoms with E-state index in [9.17, 15) is 4.79 Å². The van der Waals surface area contributed by atoms with Crippen molar-refractivity contribution in [1.82, 2.24) is 15.1 Å². The van der Waals surface area contributed by atoms with E-state index in [2.05, 4.69) is 29.4 Å². The lowest BCUT2D eigenvalue weighted by Gasteiger charge is -2.10. The second kappa shape index (κ2) is 8.47. The second-order valence-corrected chi connectivity index (χ2v) is 5.23. The van der Waals surface area contributed by atoms with Crippen LogP contribution in [0.1, 0.15) is 30.8 Å². The second-order valence-electron chi connectivity index (χ2n) is 5.23. The molecule has 0 saturated heterocycles. The number of anilines is 1. The standard InChI is InChI=1S/C14H24N4O2/c1-11(2)7-9-20-10-8-15-13-6-5-12(16-17-13)14(19)18(3)4/h5-6,11H,7-10H2,1-4H3,(H,15,17). The highest BCUT2D eigenvalue weighted by molar-refractivity contribution is 5.91. The molecule has 0 aliphatic rings. The molecule has 0 aromatic carbocycles. The molecule has 6 heteroatoms. The van der Waals surface area contributed by atoms with E-state index in [1.165, 1.54) is 4.90 Å². The zero-order valence-electron chi connectivity index (χ0n) is 12.7. The van der Waals surface area contributed by atoms with Gasteiger partial charge in [0.05, 0.1) is 6.61 Å². The third-order valence-corrected chi connectivity index (χ3v) is 2.68. The molecule has 1 aromatic rings. The maximum Gasteiger partial charge on any atom is 0.273 e. The lowest BCUT2D eigenvalue weighted by Crippen LogP contribution is -2.23. The molecule has 0 saturated carbocycles. The van der Waals surface area contributed by atoms with Gasteiger partial charge in [-0.2, -0.15) is 0 Å². The molecule has 1 aromatic heterocycles. The van der Waals surface area contributed by atoms with E-state index in [0.29, 0.717) is 30.6 Å². The first kappa shape index (κ1) is 16.4. The maximum absolute atomic E-state index is 11.6. The molecule has 0 spiro atoms. The minimum atomic E-state index is -0.152. The van der Waals surface area contributed by atoms with E-state index in [1.807, 2.05) is 0 Å². The molecule has 6 nitrogen and oxygen atoms in total. The van der Waals surface area contributed by atoms with Crippen LogP contribution >= 0.6 is 0 Å². The van der Waals surface area contributed by atoms with Gasteiger partial charge in [0.15, 0.2) is 5.69 Å². The molecular formula is C14H24N4O2. The van der Waals surface area contributed by atoms with Crippen molar-refractivity contribution < 1.29 is 9.53 Å². The molecule has 1 heterocycles. The Morgan fingerprint density at radius 2 is 2.05 bits per heavy atom. The van der Waals surface area contributed by atoms with E-state index in [-0.39, 0.29) is 5.91 Å². The van der Waals surface area contributed by atoms with Crippen molar-refractivity contribution in [2.24, 2.45) is 5.92 Å². The van der Waals surface area contributed by atoms with Gasteiger partial charge in [0.1, 0.15) is 5.82 Å². The molecule has 0 bridgehead atoms. The van der Waals surface area contributed by atoms with E-state index >= 15 is 0 Å². The average molecular weight is 280 g/mol. The number of aromatic nitrogens is 2. The molecule has 112 valence electrons. The Labute approximate surface area is 120 Å². The third-order valence-electron chi connectivity index (χ3n) is 2.68. The lowest BCUT2D eigenvalue weighted by atomic mass is 10.1. The molecule has 0 aliphatic carbocycles. The predicted octanol–water partition coefficient (Wildman–Crippen LogP) is 1.65. The summed E-state index contributed by atoms with van der Waals surface area (Å²) in [4.78, 5) is 13.1. The van der Waals surface area contributed by atoms with Crippen LogP contribution in [0.2, 0.25) is 0 Å². The Hall–Kier alpha value is -1.69. The summed E-state index contributed by atoms with van der Waals surface area (Å²) in [5, 5.41) is 11.0. The van der Waals surface area contributed by atoms with Gasteiger partial charge in [0.25, 0.3) is 5.91 Å². The number of amides is 1. The SMILES string of the molecule is CC(C)CCOCCNc1ccc(C(=O)N(C)C)nn1. The molecule has 0 aliphatic heterocycles. The third kappa shape index (κ3) is 5.97. The molecular weight excluding hydrogens is 256 g/mol. The number of ether oxygens (including phenoxy) is 1. The Kier molecular flexibility index (Phi) is 6.93. The van der Waals surface area contributed by atoms with Gasteiger partial charge >= 0.3 is 0 Å². The largest absolute Gasteiger partial charge is 0.380 e. The number of carbonyl (C=O) groups is 1. The highest BCUT2D eigenvalue weighted by Gasteiger charge is 2.09. The van der Waals surface area contributed by atoms with Gasteiger partial charge in [-0.3, -0.25) is 4.79 Å². The Morgan fingerprint density at radius 3 is 2.60 bits per heavy atom. The van der Waals surface area contributed by atoms with Crippen LogP contribution in [0, 0.1) is 5.92 Å². The monoisotopic (exact) mass is 280 g/mol. The first-order valence-electron chi connectivity index (χ1n) is 6.87. The predicted molar refractivity (Wildman–Crippen MR) is 78.8 cm³/mol. The summed E-state index contributed by atoms with van der Waals surface area (Å²) in [6.07, 6.45) is 1.07. The number of nitrogens with one attached hydrogen (secondary N) is 1. The van der Waals surface area contributed by atoms with Crippen LogP contribution in [0.3, 0.4) is 0 Å². The fourth-order valence-corrected chi connectivity index (χ4v) is 1.44. The molecule has 0 fully saturated rings. The topological polar surface area (TPSA) is 67.3 Å².